The van der Waals surface area contributed by atoms with Crippen LogP contribution in [0.1, 0.15) is 35.3 Å². The summed E-state index contributed by atoms with van der Waals surface area (Å²) in [5, 5.41) is 12.7. The van der Waals surface area contributed by atoms with Crippen LogP contribution in [0.25, 0.3) is 0 Å². The molecule has 1 aromatic heterocycles. The number of carbonyl (C=O) groups is 3. The number of rotatable bonds is 8. The summed E-state index contributed by atoms with van der Waals surface area (Å²) in [6.45, 7) is 1.76. The van der Waals surface area contributed by atoms with Gasteiger partial charge in [-0.1, -0.05) is 29.5 Å². The third-order valence-corrected chi connectivity index (χ3v) is 12.9. The highest BCUT2D eigenvalue weighted by atomic mass is 32.2. The standard InChI is InChI=1S/C36H30F3N3O7S2/c1-2-48-24-13-16(7-12-23(24)49-15-25(44)40-17-8-10-18(43)11-9-17)26-27-19-14-20(30(27)50-32-31(26)51-35(47)41-32)29-28(19)33(45)42(34(29)46)22-6-4-3-5-21(22)36(37,38)39/h3-13,19-20,26-30,43H,2,14-15H2,1H3,(H,40,44)(H,41,47)/t19-,20-,26+,27-,28+,29+,30-/m1/s1. The number of amides is 3. The zero-order valence-electron chi connectivity index (χ0n) is 26.8. The maximum absolute atomic E-state index is 14.1. The number of thiazole rings is 1. The van der Waals surface area contributed by atoms with Crippen molar-refractivity contribution < 1.29 is 42.1 Å². The lowest BCUT2D eigenvalue weighted by atomic mass is 9.68. The van der Waals surface area contributed by atoms with Crippen molar-refractivity contribution in [2.45, 2.75) is 35.7 Å². The van der Waals surface area contributed by atoms with Gasteiger partial charge in [-0.05, 0) is 85.2 Å². The van der Waals surface area contributed by atoms with Crippen LogP contribution in [-0.4, -0.2) is 46.3 Å². The highest BCUT2D eigenvalue weighted by Gasteiger charge is 2.70. The number of aromatic hydroxyl groups is 1. The van der Waals surface area contributed by atoms with E-state index in [0.717, 1.165) is 32.7 Å². The van der Waals surface area contributed by atoms with Crippen molar-refractivity contribution in [3.05, 3.63) is 92.4 Å². The Morgan fingerprint density at radius 2 is 1.71 bits per heavy atom. The molecule has 8 rings (SSSR count). The summed E-state index contributed by atoms with van der Waals surface area (Å²) in [5.41, 5.74) is -0.215. The number of phenols is 1. The summed E-state index contributed by atoms with van der Waals surface area (Å²) in [7, 11) is 0. The normalized spacial score (nSPS) is 26.1. The first-order valence-corrected chi connectivity index (χ1v) is 18.1. The van der Waals surface area contributed by atoms with Crippen molar-refractivity contribution in [3.8, 4) is 17.2 Å². The van der Waals surface area contributed by atoms with E-state index < -0.39 is 47.0 Å². The average Bonchev–Trinajstić information content (AvgIpc) is 3.83. The first-order valence-electron chi connectivity index (χ1n) is 16.4. The van der Waals surface area contributed by atoms with E-state index in [9.17, 15) is 37.5 Å². The molecule has 7 atom stereocenters. The first-order chi connectivity index (χ1) is 24.4. The summed E-state index contributed by atoms with van der Waals surface area (Å²) in [6.07, 6.45) is -4.19. The summed E-state index contributed by atoms with van der Waals surface area (Å²) < 4.78 is 53.9. The molecule has 3 fully saturated rings. The number of alkyl halides is 3. The number of imide groups is 1. The maximum Gasteiger partial charge on any atom is 0.418 e. The van der Waals surface area contributed by atoms with Gasteiger partial charge in [0.05, 0.1) is 34.7 Å². The molecule has 1 saturated heterocycles. The van der Waals surface area contributed by atoms with E-state index in [1.807, 2.05) is 6.07 Å². The number of hydrogen-bond donors (Lipinski definition) is 3. The predicted octanol–water partition coefficient (Wildman–Crippen LogP) is 6.25. The number of nitrogens with zero attached hydrogens (tertiary/aromatic N) is 1. The van der Waals surface area contributed by atoms with Gasteiger partial charge in [0.15, 0.2) is 18.1 Å². The molecule has 10 nitrogen and oxygen atoms in total. The minimum absolute atomic E-state index is 0.0647. The lowest BCUT2D eigenvalue weighted by Crippen LogP contribution is -2.42. The molecule has 0 unspecified atom stereocenters. The molecule has 2 aliphatic carbocycles. The van der Waals surface area contributed by atoms with Crippen molar-refractivity contribution in [1.82, 2.24) is 4.98 Å². The Labute approximate surface area is 297 Å². The van der Waals surface area contributed by atoms with Gasteiger partial charge in [-0.15, -0.1) is 11.8 Å². The number of halogens is 3. The number of benzene rings is 3. The smallest absolute Gasteiger partial charge is 0.418 e. The monoisotopic (exact) mass is 737 g/mol. The summed E-state index contributed by atoms with van der Waals surface area (Å²) in [4.78, 5) is 57.6. The predicted molar refractivity (Wildman–Crippen MR) is 182 cm³/mol. The van der Waals surface area contributed by atoms with Crippen LogP contribution >= 0.6 is 23.1 Å². The Morgan fingerprint density at radius 1 is 0.980 bits per heavy atom. The molecule has 15 heteroatoms. The van der Waals surface area contributed by atoms with Crippen LogP contribution in [0.4, 0.5) is 24.5 Å². The number of ether oxygens (including phenoxy) is 2. The fourth-order valence-electron chi connectivity index (χ4n) is 8.53. The SMILES string of the molecule is CCOc1cc([C@@H]2c3sc(=O)[nH]c3S[C@@H]3[C@@H]4C[C@@H]([C@@H]5C(=O)N(c6ccccc6C(F)(F)F)C(=O)[C@@H]45)[C@H]23)ccc1OCC(=O)Nc1ccc(O)cc1. The first kappa shape index (κ1) is 33.4. The Bertz CT molecular complexity index is 2120. The number of para-hydroxylation sites is 1. The van der Waals surface area contributed by atoms with Crippen molar-refractivity contribution in [3.63, 3.8) is 0 Å². The van der Waals surface area contributed by atoms with Gasteiger partial charge in [-0.25, -0.2) is 4.90 Å². The van der Waals surface area contributed by atoms with Gasteiger partial charge in [-0.2, -0.15) is 13.2 Å². The van der Waals surface area contributed by atoms with E-state index in [0.29, 0.717) is 28.6 Å². The molecule has 3 amide bonds. The largest absolute Gasteiger partial charge is 0.508 e. The molecule has 51 heavy (non-hydrogen) atoms. The van der Waals surface area contributed by atoms with Gasteiger partial charge in [0.1, 0.15) is 5.75 Å². The number of H-pyrrole nitrogens is 1. The van der Waals surface area contributed by atoms with Gasteiger partial charge < -0.3 is 24.9 Å². The Hall–Kier alpha value is -4.76. The Balaban J connectivity index is 1.11. The van der Waals surface area contributed by atoms with Crippen LogP contribution in [0, 0.1) is 29.6 Å². The van der Waals surface area contributed by atoms with Crippen LogP contribution in [0.3, 0.4) is 0 Å². The van der Waals surface area contributed by atoms with Crippen LogP contribution in [0.2, 0.25) is 0 Å². The molecule has 3 heterocycles. The highest BCUT2D eigenvalue weighted by molar-refractivity contribution is 8.00. The second-order valence-corrected chi connectivity index (χ2v) is 15.2. The number of hydrogen-bond acceptors (Lipinski definition) is 9. The molecule has 0 spiro atoms. The lowest BCUT2D eigenvalue weighted by molar-refractivity contribution is -0.137. The second-order valence-electron chi connectivity index (χ2n) is 13.0. The zero-order valence-corrected chi connectivity index (χ0v) is 28.4. The number of nitrogens with one attached hydrogen (secondary N) is 2. The quantitative estimate of drug-likeness (QED) is 0.143. The number of carbonyl (C=O) groups excluding carboxylic acids is 3. The van der Waals surface area contributed by atoms with Gasteiger partial charge >= 0.3 is 11.0 Å². The number of aromatic amines is 1. The molecule has 2 saturated carbocycles. The van der Waals surface area contributed by atoms with Gasteiger partial charge in [-0.3, -0.25) is 19.2 Å². The summed E-state index contributed by atoms with van der Waals surface area (Å²) in [5.74, 6) is -3.63. The fraction of sp³-hybridized carbons (Fsp3) is 0.333. The zero-order chi connectivity index (χ0) is 35.8. The van der Waals surface area contributed by atoms with Crippen molar-refractivity contribution in [2.24, 2.45) is 29.6 Å². The lowest BCUT2D eigenvalue weighted by Gasteiger charge is -2.43. The maximum atomic E-state index is 14.1. The summed E-state index contributed by atoms with van der Waals surface area (Å²) in [6, 6.07) is 16.0. The Kier molecular flexibility index (Phi) is 8.17. The highest BCUT2D eigenvalue weighted by Crippen LogP contribution is 2.69. The number of aromatic nitrogens is 1. The van der Waals surface area contributed by atoms with E-state index >= 15 is 0 Å². The van der Waals surface area contributed by atoms with Crippen molar-refractivity contribution in [2.75, 3.05) is 23.4 Å². The van der Waals surface area contributed by atoms with E-state index in [1.54, 1.807) is 31.2 Å². The topological polar surface area (TPSA) is 138 Å². The van der Waals surface area contributed by atoms with Crippen LogP contribution in [0.15, 0.2) is 76.6 Å². The molecule has 4 aromatic rings. The van der Waals surface area contributed by atoms with Crippen molar-refractivity contribution in [1.29, 1.82) is 0 Å². The third kappa shape index (κ3) is 5.57. The number of phenolic OH excluding ortho intramolecular Hbond substituents is 1. The molecule has 3 N–H and O–H groups in total. The van der Waals surface area contributed by atoms with Gasteiger partial charge in [0.2, 0.25) is 11.8 Å². The Morgan fingerprint density at radius 3 is 2.43 bits per heavy atom. The summed E-state index contributed by atoms with van der Waals surface area (Å²) >= 11 is 2.55. The third-order valence-electron chi connectivity index (χ3n) is 10.3. The molecule has 2 aliphatic heterocycles. The number of anilines is 2. The van der Waals surface area contributed by atoms with Crippen LogP contribution in [0.5, 0.6) is 17.2 Å². The van der Waals surface area contributed by atoms with Crippen molar-refractivity contribution >= 4 is 52.2 Å². The van der Waals surface area contributed by atoms with Gasteiger partial charge in [0.25, 0.3) is 5.91 Å². The molecule has 4 aliphatic rings. The molecule has 3 aromatic carbocycles. The van der Waals surface area contributed by atoms with E-state index in [4.69, 9.17) is 9.47 Å². The minimum atomic E-state index is -4.76. The van der Waals surface area contributed by atoms with Gasteiger partial charge in [0, 0.05) is 21.7 Å². The fourth-order valence-corrected chi connectivity index (χ4v) is 11.4. The van der Waals surface area contributed by atoms with Crippen LogP contribution < -0.4 is 24.6 Å². The number of thioether (sulfide) groups is 1. The number of fused-ring (bicyclic) bond motifs is 9. The second kappa shape index (κ2) is 12.5. The average molecular weight is 738 g/mol. The molecule has 0 radical (unpaired) electrons. The molecular formula is C36H30F3N3O7S2. The van der Waals surface area contributed by atoms with E-state index in [-0.39, 0.29) is 52.8 Å². The minimum Gasteiger partial charge on any atom is -0.508 e. The molecular weight excluding hydrogens is 708 g/mol. The van der Waals surface area contributed by atoms with E-state index in [1.165, 1.54) is 42.1 Å². The van der Waals surface area contributed by atoms with Crippen LogP contribution in [-0.2, 0) is 20.6 Å². The van der Waals surface area contributed by atoms with E-state index in [2.05, 4.69) is 10.3 Å². The molecule has 2 bridgehead atoms. The molecule has 264 valence electrons.